The highest BCUT2D eigenvalue weighted by Crippen LogP contribution is 2.28. The van der Waals surface area contributed by atoms with Gasteiger partial charge in [-0.25, -0.2) is 0 Å². The third-order valence-corrected chi connectivity index (χ3v) is 4.13. The van der Waals surface area contributed by atoms with Gasteiger partial charge in [-0.15, -0.1) is 0 Å². The summed E-state index contributed by atoms with van der Waals surface area (Å²) >= 11 is 5.89. The molecule has 0 aliphatic carbocycles. The number of hydrogen-bond donors (Lipinski definition) is 0. The van der Waals surface area contributed by atoms with Crippen molar-refractivity contribution < 1.29 is 14.3 Å². The summed E-state index contributed by atoms with van der Waals surface area (Å²) in [5.41, 5.74) is 1.23. The SMILES string of the molecule is COC(=O)CCCC(=O)N1CC[C@@H](c2ccc(Cl)cc2)C1. The molecule has 1 heterocycles. The van der Waals surface area contributed by atoms with Crippen molar-refractivity contribution in [2.45, 2.75) is 31.6 Å². The van der Waals surface area contributed by atoms with Gasteiger partial charge in [-0.1, -0.05) is 23.7 Å². The maximum absolute atomic E-state index is 12.1. The summed E-state index contributed by atoms with van der Waals surface area (Å²) in [6, 6.07) is 7.83. The fraction of sp³-hybridized carbons (Fsp3) is 0.500. The monoisotopic (exact) mass is 309 g/mol. The molecule has 5 heteroatoms. The minimum absolute atomic E-state index is 0.121. The second-order valence-electron chi connectivity index (χ2n) is 5.31. The van der Waals surface area contributed by atoms with Crippen molar-refractivity contribution in [2.75, 3.05) is 20.2 Å². The number of carbonyl (C=O) groups excluding carboxylic acids is 2. The van der Waals surface area contributed by atoms with Gasteiger partial charge in [0.2, 0.25) is 5.91 Å². The van der Waals surface area contributed by atoms with Crippen LogP contribution in [0.3, 0.4) is 0 Å². The smallest absolute Gasteiger partial charge is 0.305 e. The molecule has 1 amide bonds. The number of methoxy groups -OCH3 is 1. The number of esters is 1. The number of rotatable bonds is 5. The van der Waals surface area contributed by atoms with Crippen LogP contribution < -0.4 is 0 Å². The lowest BCUT2D eigenvalue weighted by atomic mass is 9.99. The molecular weight excluding hydrogens is 290 g/mol. The van der Waals surface area contributed by atoms with E-state index in [-0.39, 0.29) is 11.9 Å². The van der Waals surface area contributed by atoms with Crippen molar-refractivity contribution in [3.63, 3.8) is 0 Å². The summed E-state index contributed by atoms with van der Waals surface area (Å²) in [4.78, 5) is 25.0. The van der Waals surface area contributed by atoms with Gasteiger partial charge >= 0.3 is 5.97 Å². The number of nitrogens with zero attached hydrogens (tertiary/aromatic N) is 1. The average Bonchev–Trinajstić information content (AvgIpc) is 2.97. The maximum Gasteiger partial charge on any atom is 0.305 e. The normalized spacial score (nSPS) is 17.8. The highest BCUT2D eigenvalue weighted by atomic mass is 35.5. The van der Waals surface area contributed by atoms with Crippen LogP contribution in [-0.4, -0.2) is 37.0 Å². The van der Waals surface area contributed by atoms with Crippen LogP contribution in [0.4, 0.5) is 0 Å². The largest absolute Gasteiger partial charge is 0.469 e. The Balaban J connectivity index is 1.80. The van der Waals surface area contributed by atoms with Gasteiger partial charge in [-0.05, 0) is 30.5 Å². The number of benzene rings is 1. The number of hydrogen-bond acceptors (Lipinski definition) is 3. The van der Waals surface area contributed by atoms with Crippen LogP contribution in [0, 0.1) is 0 Å². The topological polar surface area (TPSA) is 46.6 Å². The summed E-state index contributed by atoms with van der Waals surface area (Å²) in [5.74, 6) is 0.241. The zero-order valence-corrected chi connectivity index (χ0v) is 12.9. The predicted molar refractivity (Wildman–Crippen MR) is 81.3 cm³/mol. The third kappa shape index (κ3) is 4.46. The molecule has 1 aliphatic heterocycles. The first-order chi connectivity index (χ1) is 10.1. The first kappa shape index (κ1) is 15.8. The molecule has 0 aromatic heterocycles. The fourth-order valence-electron chi connectivity index (χ4n) is 2.64. The summed E-state index contributed by atoms with van der Waals surface area (Å²) in [6.07, 6.45) is 2.23. The average molecular weight is 310 g/mol. The van der Waals surface area contributed by atoms with E-state index in [1.807, 2.05) is 29.2 Å². The number of carbonyl (C=O) groups is 2. The quantitative estimate of drug-likeness (QED) is 0.786. The first-order valence-electron chi connectivity index (χ1n) is 7.20. The van der Waals surface area contributed by atoms with Crippen LogP contribution in [0.25, 0.3) is 0 Å². The summed E-state index contributed by atoms with van der Waals surface area (Å²) in [5, 5.41) is 0.729. The molecule has 1 fully saturated rings. The predicted octanol–water partition coefficient (Wildman–Crippen LogP) is 3.00. The lowest BCUT2D eigenvalue weighted by Gasteiger charge is -2.16. The molecule has 1 atom stereocenters. The fourth-order valence-corrected chi connectivity index (χ4v) is 2.76. The molecule has 2 rings (SSSR count). The molecule has 4 nitrogen and oxygen atoms in total. The minimum atomic E-state index is -0.261. The highest BCUT2D eigenvalue weighted by molar-refractivity contribution is 6.30. The summed E-state index contributed by atoms with van der Waals surface area (Å²) in [6.45, 7) is 1.53. The van der Waals surface area contributed by atoms with E-state index < -0.39 is 0 Å². The molecule has 1 aromatic carbocycles. The van der Waals surface area contributed by atoms with E-state index in [0.29, 0.717) is 25.2 Å². The second kappa shape index (κ2) is 7.46. The van der Waals surface area contributed by atoms with Crippen molar-refractivity contribution >= 4 is 23.5 Å². The first-order valence-corrected chi connectivity index (χ1v) is 7.58. The zero-order valence-electron chi connectivity index (χ0n) is 12.2. The van der Waals surface area contributed by atoms with Crippen LogP contribution in [0.1, 0.15) is 37.2 Å². The van der Waals surface area contributed by atoms with E-state index in [4.69, 9.17) is 11.6 Å². The summed E-state index contributed by atoms with van der Waals surface area (Å²) in [7, 11) is 1.36. The lowest BCUT2D eigenvalue weighted by molar-refractivity contribution is -0.140. The Bertz CT molecular complexity index is 501. The van der Waals surface area contributed by atoms with Gasteiger partial charge in [0.15, 0.2) is 0 Å². The number of halogens is 1. The molecule has 1 aliphatic rings. The third-order valence-electron chi connectivity index (χ3n) is 3.88. The van der Waals surface area contributed by atoms with E-state index in [9.17, 15) is 9.59 Å². The molecule has 0 N–H and O–H groups in total. The molecule has 1 aromatic rings. The van der Waals surface area contributed by atoms with Gasteiger partial charge < -0.3 is 9.64 Å². The Morgan fingerprint density at radius 1 is 1.29 bits per heavy atom. The molecule has 1 saturated heterocycles. The second-order valence-corrected chi connectivity index (χ2v) is 5.74. The van der Waals surface area contributed by atoms with Gasteiger partial charge in [0.05, 0.1) is 7.11 Å². The molecule has 0 saturated carbocycles. The van der Waals surface area contributed by atoms with Crippen molar-refractivity contribution in [1.82, 2.24) is 4.90 Å². The molecule has 0 bridgehead atoms. The molecule has 0 spiro atoms. The molecule has 114 valence electrons. The van der Waals surface area contributed by atoms with E-state index >= 15 is 0 Å². The number of amides is 1. The van der Waals surface area contributed by atoms with E-state index in [2.05, 4.69) is 4.74 Å². The van der Waals surface area contributed by atoms with Crippen molar-refractivity contribution in [3.8, 4) is 0 Å². The molecule has 21 heavy (non-hydrogen) atoms. The zero-order chi connectivity index (χ0) is 15.2. The van der Waals surface area contributed by atoms with Gasteiger partial charge in [0.1, 0.15) is 0 Å². The van der Waals surface area contributed by atoms with E-state index in [0.717, 1.165) is 24.5 Å². The Labute approximate surface area is 130 Å². The maximum atomic E-state index is 12.1. The van der Waals surface area contributed by atoms with E-state index in [1.165, 1.54) is 12.7 Å². The van der Waals surface area contributed by atoms with Gasteiger partial charge in [-0.3, -0.25) is 9.59 Å². The van der Waals surface area contributed by atoms with Crippen LogP contribution in [0.2, 0.25) is 5.02 Å². The van der Waals surface area contributed by atoms with Crippen LogP contribution in [0.5, 0.6) is 0 Å². The standard InChI is InChI=1S/C16H20ClNO3/c1-21-16(20)4-2-3-15(19)18-10-9-13(11-18)12-5-7-14(17)8-6-12/h5-8,13H,2-4,9-11H2,1H3/t13-/m1/s1. The molecule has 0 unspecified atom stereocenters. The van der Waals surface area contributed by atoms with Crippen LogP contribution in [0.15, 0.2) is 24.3 Å². The Morgan fingerprint density at radius 2 is 2.00 bits per heavy atom. The van der Waals surface area contributed by atoms with Crippen molar-refractivity contribution in [1.29, 1.82) is 0 Å². The highest BCUT2D eigenvalue weighted by Gasteiger charge is 2.26. The molecular formula is C16H20ClNO3. The Kier molecular flexibility index (Phi) is 5.62. The lowest BCUT2D eigenvalue weighted by Crippen LogP contribution is -2.28. The summed E-state index contributed by atoms with van der Waals surface area (Å²) < 4.78 is 4.57. The van der Waals surface area contributed by atoms with Gasteiger partial charge in [0.25, 0.3) is 0 Å². The Hall–Kier alpha value is -1.55. The van der Waals surface area contributed by atoms with Crippen molar-refractivity contribution in [2.24, 2.45) is 0 Å². The Morgan fingerprint density at radius 3 is 2.67 bits per heavy atom. The van der Waals surface area contributed by atoms with Crippen LogP contribution in [-0.2, 0) is 14.3 Å². The van der Waals surface area contributed by atoms with Crippen molar-refractivity contribution in [3.05, 3.63) is 34.9 Å². The van der Waals surface area contributed by atoms with Crippen LogP contribution >= 0.6 is 11.6 Å². The molecule has 0 radical (unpaired) electrons. The van der Waals surface area contributed by atoms with Gasteiger partial charge in [0, 0.05) is 36.9 Å². The minimum Gasteiger partial charge on any atom is -0.469 e. The van der Waals surface area contributed by atoms with E-state index in [1.54, 1.807) is 0 Å². The number of likely N-dealkylation sites (tertiary alicyclic amines) is 1. The number of ether oxygens (including phenoxy) is 1. The van der Waals surface area contributed by atoms with Gasteiger partial charge in [-0.2, -0.15) is 0 Å².